The summed E-state index contributed by atoms with van der Waals surface area (Å²) >= 11 is 0. The first-order valence-corrected chi connectivity index (χ1v) is 8.35. The number of benzene rings is 1. The number of phenols is 1. The molecule has 0 aromatic heterocycles. The SMILES string of the molecule is C[Si](C)C.Cl.Cl.Oc1ccccc1.[C-]1=CC=CC1.[V]. The van der Waals surface area contributed by atoms with Crippen LogP contribution in [-0.4, -0.2) is 13.9 Å². The Balaban J connectivity index is -0.0000000855. The zero-order chi connectivity index (χ0) is 12.2. The molecular weight excluding hydrogens is 334 g/mol. The van der Waals surface area contributed by atoms with Crippen LogP contribution in [0.5, 0.6) is 5.75 Å². The molecule has 0 amide bonds. The Kier molecular flexibility index (Phi) is 29.0. The van der Waals surface area contributed by atoms with E-state index < -0.39 is 0 Å². The first kappa shape index (κ1) is 27.3. The van der Waals surface area contributed by atoms with E-state index in [1.165, 1.54) is 0 Å². The summed E-state index contributed by atoms with van der Waals surface area (Å²) in [5, 5.41) is 8.63. The predicted molar refractivity (Wildman–Crippen MR) is 87.5 cm³/mol. The quantitative estimate of drug-likeness (QED) is 0.517. The van der Waals surface area contributed by atoms with Crippen molar-refractivity contribution in [2.45, 2.75) is 26.1 Å². The minimum atomic E-state index is 0. The molecule has 0 saturated carbocycles. The van der Waals surface area contributed by atoms with E-state index in [4.69, 9.17) is 5.11 Å². The van der Waals surface area contributed by atoms with Crippen LogP contribution in [-0.2, 0) is 18.6 Å². The van der Waals surface area contributed by atoms with E-state index in [9.17, 15) is 0 Å². The monoisotopic (exact) mass is 355 g/mol. The summed E-state index contributed by atoms with van der Waals surface area (Å²) in [5.41, 5.74) is 0. The van der Waals surface area contributed by atoms with E-state index in [-0.39, 0.29) is 52.2 Å². The fourth-order valence-corrected chi connectivity index (χ4v) is 0.768. The van der Waals surface area contributed by atoms with E-state index in [0.717, 1.165) is 6.42 Å². The van der Waals surface area contributed by atoms with Crippen molar-refractivity contribution in [1.29, 1.82) is 0 Å². The Morgan fingerprint density at radius 2 is 1.53 bits per heavy atom. The second-order valence-corrected chi connectivity index (χ2v) is 6.84. The van der Waals surface area contributed by atoms with Crippen molar-refractivity contribution in [3.8, 4) is 5.75 Å². The molecule has 108 valence electrons. The van der Waals surface area contributed by atoms with Gasteiger partial charge in [-0.15, -0.1) is 31.2 Å². The van der Waals surface area contributed by atoms with Crippen LogP contribution in [0.4, 0.5) is 0 Å². The topological polar surface area (TPSA) is 20.2 Å². The number of rotatable bonds is 0. The maximum absolute atomic E-state index is 8.63. The summed E-state index contributed by atoms with van der Waals surface area (Å²) in [5.74, 6) is 0.322. The molecule has 0 saturated heterocycles. The number of allylic oxidation sites excluding steroid dienone is 4. The van der Waals surface area contributed by atoms with Crippen molar-refractivity contribution in [3.63, 3.8) is 0 Å². The van der Waals surface area contributed by atoms with Crippen molar-refractivity contribution in [1.82, 2.24) is 0 Å². The van der Waals surface area contributed by atoms with Crippen LogP contribution in [0.25, 0.3) is 0 Å². The van der Waals surface area contributed by atoms with E-state index in [1.807, 2.05) is 18.2 Å². The van der Waals surface area contributed by atoms with Gasteiger partial charge in [-0.05, 0) is 12.1 Å². The summed E-state index contributed by atoms with van der Waals surface area (Å²) in [6, 6.07) is 8.71. The van der Waals surface area contributed by atoms with Crippen LogP contribution in [0.3, 0.4) is 0 Å². The van der Waals surface area contributed by atoms with Gasteiger partial charge >= 0.3 is 0 Å². The van der Waals surface area contributed by atoms with Crippen molar-refractivity contribution in [2.75, 3.05) is 0 Å². The molecule has 0 spiro atoms. The molecule has 0 aliphatic heterocycles. The smallest absolute Gasteiger partial charge is 0.115 e. The summed E-state index contributed by atoms with van der Waals surface area (Å²) in [4.78, 5) is 0. The predicted octanol–water partition coefficient (Wildman–Crippen LogP) is 4.91. The average Bonchev–Trinajstić information content (AvgIpc) is 2.75. The standard InChI is InChI=1S/C6H6O.C5H5.C3H9Si.2ClH.V/c7-6-4-2-1-3-5-6;1-2-4-5-3-1;1-4(2)3;;;/h1-5,7H;1-3H,4H2;1-3H3;2*1H;/q;-1;;;;. The van der Waals surface area contributed by atoms with Crippen LogP contribution in [0.2, 0.25) is 19.6 Å². The van der Waals surface area contributed by atoms with Crippen molar-refractivity contribution in [2.24, 2.45) is 0 Å². The van der Waals surface area contributed by atoms with Gasteiger partial charge in [0.25, 0.3) is 0 Å². The van der Waals surface area contributed by atoms with Crippen LogP contribution in [0.15, 0.2) is 48.6 Å². The van der Waals surface area contributed by atoms with E-state index >= 15 is 0 Å². The Bertz CT molecular complexity index is 304. The van der Waals surface area contributed by atoms with Gasteiger partial charge < -0.3 is 5.11 Å². The summed E-state index contributed by atoms with van der Waals surface area (Å²) in [6.07, 6.45) is 10.0. The van der Waals surface area contributed by atoms with Crippen LogP contribution in [0.1, 0.15) is 6.42 Å². The molecule has 1 nitrogen and oxygen atoms in total. The van der Waals surface area contributed by atoms with Gasteiger partial charge in [0.15, 0.2) is 0 Å². The maximum Gasteiger partial charge on any atom is 0.115 e. The fraction of sp³-hybridized carbons (Fsp3) is 0.286. The van der Waals surface area contributed by atoms with E-state index in [1.54, 1.807) is 24.3 Å². The van der Waals surface area contributed by atoms with Crippen LogP contribution < -0.4 is 0 Å². The van der Waals surface area contributed by atoms with Crippen molar-refractivity contribution >= 4 is 33.6 Å². The molecule has 0 fully saturated rings. The van der Waals surface area contributed by atoms with Gasteiger partial charge in [0.1, 0.15) is 5.75 Å². The van der Waals surface area contributed by atoms with Gasteiger partial charge in [-0.2, -0.15) is 6.08 Å². The third-order valence-electron chi connectivity index (χ3n) is 1.34. The van der Waals surface area contributed by atoms with Gasteiger partial charge in [-0.25, -0.2) is 12.2 Å². The Hall–Kier alpha value is -0.119. The molecular formula is C14H22Cl2OSiV-. The minimum Gasteiger partial charge on any atom is -0.508 e. The number of halogens is 2. The van der Waals surface area contributed by atoms with Gasteiger partial charge in [0, 0.05) is 27.4 Å². The van der Waals surface area contributed by atoms with E-state index in [0.29, 0.717) is 5.75 Å². The number of phenolic OH excluding ortho intramolecular Hbond substituents is 1. The molecule has 1 aromatic carbocycles. The second-order valence-electron chi connectivity index (χ2n) is 3.84. The zero-order valence-corrected chi connectivity index (χ0v) is 15.6. The van der Waals surface area contributed by atoms with Crippen molar-refractivity contribution in [3.05, 3.63) is 54.6 Å². The van der Waals surface area contributed by atoms with Gasteiger partial charge in [-0.3, -0.25) is 6.08 Å². The minimum absolute atomic E-state index is 0. The third kappa shape index (κ3) is 27.2. The number of hydrogen-bond acceptors (Lipinski definition) is 1. The first-order chi connectivity index (χ1) is 7.63. The molecule has 0 atom stereocenters. The number of hydrogen-bond donors (Lipinski definition) is 1. The Labute approximate surface area is 143 Å². The Morgan fingerprint density at radius 3 is 1.68 bits per heavy atom. The van der Waals surface area contributed by atoms with Gasteiger partial charge in [0.05, 0.1) is 0 Å². The largest absolute Gasteiger partial charge is 0.508 e. The Morgan fingerprint density at radius 1 is 1.05 bits per heavy atom. The summed E-state index contributed by atoms with van der Waals surface area (Å²) in [6.45, 7) is 6.81. The molecule has 0 unspecified atom stereocenters. The van der Waals surface area contributed by atoms with Gasteiger partial charge in [0.2, 0.25) is 0 Å². The molecule has 2 radical (unpaired) electrons. The summed E-state index contributed by atoms with van der Waals surface area (Å²) in [7, 11) is 0.120. The molecule has 2 rings (SSSR count). The number of aromatic hydroxyl groups is 1. The van der Waals surface area contributed by atoms with Crippen LogP contribution in [0, 0.1) is 6.08 Å². The number of para-hydroxylation sites is 1. The zero-order valence-electron chi connectivity index (χ0n) is 11.5. The molecule has 1 aromatic rings. The maximum atomic E-state index is 8.63. The van der Waals surface area contributed by atoms with Crippen molar-refractivity contribution < 1.29 is 23.7 Å². The molecule has 0 heterocycles. The average molecular weight is 356 g/mol. The summed E-state index contributed by atoms with van der Waals surface area (Å²) < 4.78 is 0. The molecule has 5 heteroatoms. The normalized spacial score (nSPS) is 9.68. The molecule has 19 heavy (non-hydrogen) atoms. The van der Waals surface area contributed by atoms with Gasteiger partial charge in [-0.1, -0.05) is 37.8 Å². The fourth-order valence-electron chi connectivity index (χ4n) is 0.768. The molecule has 1 aliphatic rings. The molecule has 1 N–H and O–H groups in total. The van der Waals surface area contributed by atoms with E-state index in [2.05, 4.69) is 31.8 Å². The van der Waals surface area contributed by atoms with Crippen LogP contribution >= 0.6 is 24.8 Å². The molecule has 1 aliphatic carbocycles. The molecule has 0 bridgehead atoms. The third-order valence-corrected chi connectivity index (χ3v) is 1.34. The second kappa shape index (κ2) is 20.2. The first-order valence-electron chi connectivity index (χ1n) is 5.35.